The SMILES string of the molecule is C[C@H](OC(=O)c1cc(-c2ccco2)nc2ccccc12)C(=O)Nc1cccc(C#N)c1. The molecule has 4 rings (SSSR count). The minimum Gasteiger partial charge on any atom is -0.463 e. The van der Waals surface area contributed by atoms with Crippen molar-refractivity contribution in [3.05, 3.63) is 84.1 Å². The summed E-state index contributed by atoms with van der Waals surface area (Å²) >= 11 is 0. The number of furan rings is 1. The molecule has 0 aliphatic rings. The van der Waals surface area contributed by atoms with Gasteiger partial charge < -0.3 is 14.5 Å². The van der Waals surface area contributed by atoms with E-state index < -0.39 is 18.0 Å². The highest BCUT2D eigenvalue weighted by atomic mass is 16.5. The van der Waals surface area contributed by atoms with Gasteiger partial charge in [0.05, 0.1) is 29.0 Å². The number of fused-ring (bicyclic) bond motifs is 1. The second-order valence-electron chi connectivity index (χ2n) is 6.78. The molecule has 152 valence electrons. The lowest BCUT2D eigenvalue weighted by Gasteiger charge is -2.15. The van der Waals surface area contributed by atoms with Crippen molar-refractivity contribution in [2.24, 2.45) is 0 Å². The number of carbonyl (C=O) groups is 2. The number of benzene rings is 2. The summed E-state index contributed by atoms with van der Waals surface area (Å²) in [5.41, 5.74) is 2.23. The van der Waals surface area contributed by atoms with Crippen LogP contribution in [0.1, 0.15) is 22.8 Å². The van der Waals surface area contributed by atoms with E-state index >= 15 is 0 Å². The standard InChI is InChI=1S/C24H17N3O4/c1-15(23(28)26-17-7-4-6-16(12-17)14-25)31-24(29)19-13-21(22-10-5-11-30-22)27-20-9-3-2-8-18(19)20/h2-13,15H,1H3,(H,26,28)/t15-/m0/s1. The number of hydrogen-bond donors (Lipinski definition) is 1. The summed E-state index contributed by atoms with van der Waals surface area (Å²) in [6.07, 6.45) is 0.468. The van der Waals surface area contributed by atoms with E-state index in [1.807, 2.05) is 12.1 Å². The van der Waals surface area contributed by atoms with Gasteiger partial charge in [0.1, 0.15) is 5.69 Å². The Hall–Kier alpha value is -4.44. The fourth-order valence-corrected chi connectivity index (χ4v) is 3.08. The van der Waals surface area contributed by atoms with Crippen LogP contribution in [0.5, 0.6) is 0 Å². The number of anilines is 1. The predicted molar refractivity (Wildman–Crippen MR) is 114 cm³/mol. The molecular formula is C24H17N3O4. The van der Waals surface area contributed by atoms with E-state index in [2.05, 4.69) is 10.3 Å². The maximum absolute atomic E-state index is 12.9. The Bertz CT molecular complexity index is 1310. The lowest BCUT2D eigenvalue weighted by Crippen LogP contribution is -2.30. The highest BCUT2D eigenvalue weighted by Gasteiger charge is 2.22. The van der Waals surface area contributed by atoms with Gasteiger partial charge in [0.2, 0.25) is 0 Å². The highest BCUT2D eigenvalue weighted by Crippen LogP contribution is 2.26. The first kappa shape index (κ1) is 19.9. The average Bonchev–Trinajstić information content (AvgIpc) is 3.33. The summed E-state index contributed by atoms with van der Waals surface area (Å²) < 4.78 is 10.8. The summed E-state index contributed by atoms with van der Waals surface area (Å²) in [6.45, 7) is 1.48. The van der Waals surface area contributed by atoms with Gasteiger partial charge in [0.25, 0.3) is 5.91 Å². The first-order valence-corrected chi connectivity index (χ1v) is 9.51. The number of amides is 1. The van der Waals surface area contributed by atoms with Crippen LogP contribution in [-0.2, 0) is 9.53 Å². The minimum atomic E-state index is -1.06. The first-order chi connectivity index (χ1) is 15.0. The fraction of sp³-hybridized carbons (Fsp3) is 0.0833. The lowest BCUT2D eigenvalue weighted by molar-refractivity contribution is -0.123. The van der Waals surface area contributed by atoms with E-state index in [9.17, 15) is 9.59 Å². The number of esters is 1. The Morgan fingerprint density at radius 2 is 1.94 bits per heavy atom. The third-order valence-corrected chi connectivity index (χ3v) is 4.62. The number of nitrogens with zero attached hydrogens (tertiary/aromatic N) is 2. The van der Waals surface area contributed by atoms with Crippen LogP contribution in [-0.4, -0.2) is 23.0 Å². The second kappa shape index (κ2) is 8.51. The molecule has 0 aliphatic heterocycles. The second-order valence-corrected chi connectivity index (χ2v) is 6.78. The van der Waals surface area contributed by atoms with E-state index in [0.29, 0.717) is 33.6 Å². The number of nitriles is 1. The fourth-order valence-electron chi connectivity index (χ4n) is 3.08. The molecule has 2 heterocycles. The topological polar surface area (TPSA) is 105 Å². The van der Waals surface area contributed by atoms with E-state index in [4.69, 9.17) is 14.4 Å². The van der Waals surface area contributed by atoms with Gasteiger partial charge in [-0.15, -0.1) is 0 Å². The summed E-state index contributed by atoms with van der Waals surface area (Å²) in [7, 11) is 0. The zero-order valence-corrected chi connectivity index (χ0v) is 16.5. The molecule has 0 saturated heterocycles. The number of hydrogen-bond acceptors (Lipinski definition) is 6. The first-order valence-electron chi connectivity index (χ1n) is 9.51. The van der Waals surface area contributed by atoms with Gasteiger partial charge >= 0.3 is 5.97 Å². The van der Waals surface area contributed by atoms with Crippen molar-refractivity contribution in [1.82, 2.24) is 4.98 Å². The van der Waals surface area contributed by atoms with E-state index in [0.717, 1.165) is 0 Å². The minimum absolute atomic E-state index is 0.281. The zero-order valence-electron chi connectivity index (χ0n) is 16.5. The molecule has 0 saturated carbocycles. The smallest absolute Gasteiger partial charge is 0.339 e. The van der Waals surface area contributed by atoms with Gasteiger partial charge in [-0.25, -0.2) is 9.78 Å². The van der Waals surface area contributed by atoms with Crippen LogP contribution < -0.4 is 5.32 Å². The Labute approximate surface area is 177 Å². The third kappa shape index (κ3) is 4.28. The number of pyridine rings is 1. The summed E-state index contributed by atoms with van der Waals surface area (Å²) in [5.74, 6) is -0.643. The van der Waals surface area contributed by atoms with Crippen molar-refractivity contribution in [1.29, 1.82) is 5.26 Å². The molecule has 0 bridgehead atoms. The van der Waals surface area contributed by atoms with E-state index in [-0.39, 0.29) is 5.56 Å². The molecule has 0 radical (unpaired) electrons. The number of carbonyl (C=O) groups excluding carboxylic acids is 2. The average molecular weight is 411 g/mol. The zero-order chi connectivity index (χ0) is 21.8. The van der Waals surface area contributed by atoms with Gasteiger partial charge in [0, 0.05) is 11.1 Å². The number of rotatable bonds is 5. The molecule has 1 N–H and O–H groups in total. The highest BCUT2D eigenvalue weighted by molar-refractivity contribution is 6.05. The monoisotopic (exact) mass is 411 g/mol. The maximum Gasteiger partial charge on any atom is 0.339 e. The molecule has 31 heavy (non-hydrogen) atoms. The predicted octanol–water partition coefficient (Wildman–Crippen LogP) is 4.55. The quantitative estimate of drug-likeness (QED) is 0.483. The molecule has 0 fully saturated rings. The van der Waals surface area contributed by atoms with Gasteiger partial charge in [-0.05, 0) is 49.4 Å². The van der Waals surface area contributed by atoms with Crippen LogP contribution in [0.15, 0.2) is 77.4 Å². The van der Waals surface area contributed by atoms with Crippen LogP contribution >= 0.6 is 0 Å². The van der Waals surface area contributed by atoms with Crippen molar-refractivity contribution in [3.63, 3.8) is 0 Å². The van der Waals surface area contributed by atoms with Crippen molar-refractivity contribution < 1.29 is 18.7 Å². The van der Waals surface area contributed by atoms with Gasteiger partial charge in [0.15, 0.2) is 11.9 Å². The van der Waals surface area contributed by atoms with E-state index in [1.165, 1.54) is 13.2 Å². The van der Waals surface area contributed by atoms with Crippen molar-refractivity contribution in [2.75, 3.05) is 5.32 Å². The number of ether oxygens (including phenoxy) is 1. The molecular weight excluding hydrogens is 394 g/mol. The number of aromatic nitrogens is 1. The molecule has 0 spiro atoms. The maximum atomic E-state index is 12.9. The van der Waals surface area contributed by atoms with Crippen molar-refractivity contribution >= 4 is 28.5 Å². The van der Waals surface area contributed by atoms with Gasteiger partial charge in [-0.3, -0.25) is 4.79 Å². The molecule has 7 nitrogen and oxygen atoms in total. The summed E-state index contributed by atoms with van der Waals surface area (Å²) in [5, 5.41) is 12.2. The Kier molecular flexibility index (Phi) is 5.45. The van der Waals surface area contributed by atoms with Crippen LogP contribution in [0.25, 0.3) is 22.4 Å². The van der Waals surface area contributed by atoms with Gasteiger partial charge in [-0.2, -0.15) is 5.26 Å². The van der Waals surface area contributed by atoms with Crippen molar-refractivity contribution in [2.45, 2.75) is 13.0 Å². The Morgan fingerprint density at radius 1 is 1.10 bits per heavy atom. The molecule has 4 aromatic rings. The van der Waals surface area contributed by atoms with Crippen LogP contribution in [0.2, 0.25) is 0 Å². The molecule has 1 amide bonds. The summed E-state index contributed by atoms with van der Waals surface area (Å²) in [4.78, 5) is 30.0. The van der Waals surface area contributed by atoms with Crippen LogP contribution in [0.4, 0.5) is 5.69 Å². The largest absolute Gasteiger partial charge is 0.463 e. The third-order valence-electron chi connectivity index (χ3n) is 4.62. The Morgan fingerprint density at radius 3 is 2.71 bits per heavy atom. The summed E-state index contributed by atoms with van der Waals surface area (Å²) in [6, 6.07) is 20.7. The van der Waals surface area contributed by atoms with Crippen molar-refractivity contribution in [3.8, 4) is 17.5 Å². The molecule has 2 aromatic carbocycles. The van der Waals surface area contributed by atoms with Gasteiger partial charge in [-0.1, -0.05) is 24.3 Å². The number of nitrogens with one attached hydrogen (secondary N) is 1. The number of para-hydroxylation sites is 1. The normalized spacial score (nSPS) is 11.5. The van der Waals surface area contributed by atoms with E-state index in [1.54, 1.807) is 60.7 Å². The molecule has 2 aromatic heterocycles. The lowest BCUT2D eigenvalue weighted by atomic mass is 10.1. The molecule has 7 heteroatoms. The molecule has 0 aliphatic carbocycles. The van der Waals surface area contributed by atoms with Crippen LogP contribution in [0, 0.1) is 11.3 Å². The Balaban J connectivity index is 1.57. The van der Waals surface area contributed by atoms with Crippen LogP contribution in [0.3, 0.4) is 0 Å². The molecule has 1 atom stereocenters. The molecule has 0 unspecified atom stereocenters.